The zero-order valence-corrected chi connectivity index (χ0v) is 10.1. The van der Waals surface area contributed by atoms with Gasteiger partial charge in [-0.25, -0.2) is 0 Å². The van der Waals surface area contributed by atoms with Gasteiger partial charge in [-0.15, -0.1) is 0 Å². The predicted molar refractivity (Wildman–Crippen MR) is 63.8 cm³/mol. The average Bonchev–Trinajstić information content (AvgIpc) is 2.88. The normalized spacial score (nSPS) is 15.2. The van der Waals surface area contributed by atoms with E-state index in [4.69, 9.17) is 11.6 Å². The molecule has 0 saturated carbocycles. The number of Topliss-reactive ketones (excluding diaryl/α,β-unsaturated/α-hetero) is 1. The van der Waals surface area contributed by atoms with Crippen LogP contribution >= 0.6 is 11.6 Å². The van der Waals surface area contributed by atoms with Gasteiger partial charge in [0.05, 0.1) is 11.2 Å². The molecule has 0 unspecified atom stereocenters. The number of nitrogens with zero attached hydrogens (tertiary/aromatic N) is 2. The second-order valence-corrected chi connectivity index (χ2v) is 4.42. The van der Waals surface area contributed by atoms with Gasteiger partial charge >= 0.3 is 0 Å². The maximum atomic E-state index is 12.2. The first kappa shape index (κ1) is 11.4. The molecule has 0 spiro atoms. The van der Waals surface area contributed by atoms with E-state index in [0.29, 0.717) is 10.7 Å². The highest BCUT2D eigenvalue weighted by Crippen LogP contribution is 2.25. The van der Waals surface area contributed by atoms with Crippen LogP contribution in [0.1, 0.15) is 43.1 Å². The SMILES string of the molecule is CCCn1ncc(Cl)c1C(=O)C1=CCCC1. The van der Waals surface area contributed by atoms with E-state index >= 15 is 0 Å². The summed E-state index contributed by atoms with van der Waals surface area (Å²) in [6.07, 6.45) is 7.45. The number of aromatic nitrogens is 2. The van der Waals surface area contributed by atoms with E-state index in [-0.39, 0.29) is 5.78 Å². The van der Waals surface area contributed by atoms with E-state index in [0.717, 1.165) is 37.8 Å². The van der Waals surface area contributed by atoms with E-state index in [2.05, 4.69) is 12.0 Å². The second kappa shape index (κ2) is 4.83. The van der Waals surface area contributed by atoms with Crippen molar-refractivity contribution in [1.82, 2.24) is 9.78 Å². The Balaban J connectivity index is 2.31. The van der Waals surface area contributed by atoms with E-state index in [1.54, 1.807) is 10.9 Å². The molecule has 1 aromatic rings. The molecule has 1 aliphatic carbocycles. The summed E-state index contributed by atoms with van der Waals surface area (Å²) in [6, 6.07) is 0. The Morgan fingerprint density at radius 2 is 2.44 bits per heavy atom. The number of hydrogen-bond donors (Lipinski definition) is 0. The molecule has 3 nitrogen and oxygen atoms in total. The van der Waals surface area contributed by atoms with Crippen molar-refractivity contribution in [1.29, 1.82) is 0 Å². The fraction of sp³-hybridized carbons (Fsp3) is 0.500. The van der Waals surface area contributed by atoms with Gasteiger partial charge in [-0.2, -0.15) is 5.10 Å². The van der Waals surface area contributed by atoms with Crippen molar-refractivity contribution in [2.24, 2.45) is 0 Å². The third kappa shape index (κ3) is 2.05. The molecule has 1 aromatic heterocycles. The number of hydrogen-bond acceptors (Lipinski definition) is 2. The summed E-state index contributed by atoms with van der Waals surface area (Å²) in [7, 11) is 0. The van der Waals surface area contributed by atoms with Crippen LogP contribution in [-0.2, 0) is 6.54 Å². The van der Waals surface area contributed by atoms with Gasteiger partial charge in [0.1, 0.15) is 5.69 Å². The third-order valence-corrected chi connectivity index (χ3v) is 3.05. The Labute approximate surface area is 100 Å². The molecule has 0 amide bonds. The van der Waals surface area contributed by atoms with Crippen molar-refractivity contribution < 1.29 is 4.79 Å². The lowest BCUT2D eigenvalue weighted by Crippen LogP contribution is -2.12. The van der Waals surface area contributed by atoms with Crippen LogP contribution in [0.25, 0.3) is 0 Å². The highest BCUT2D eigenvalue weighted by atomic mass is 35.5. The predicted octanol–water partition coefficient (Wildman–Crippen LogP) is 3.24. The van der Waals surface area contributed by atoms with Crippen LogP contribution in [0.4, 0.5) is 0 Å². The molecule has 0 aliphatic heterocycles. The molecule has 0 N–H and O–H groups in total. The number of rotatable bonds is 4. The molecule has 16 heavy (non-hydrogen) atoms. The summed E-state index contributed by atoms with van der Waals surface area (Å²) in [6.45, 7) is 2.79. The topological polar surface area (TPSA) is 34.9 Å². The molecule has 0 bridgehead atoms. The zero-order chi connectivity index (χ0) is 11.5. The van der Waals surface area contributed by atoms with Crippen molar-refractivity contribution in [2.45, 2.75) is 39.2 Å². The van der Waals surface area contributed by atoms with Gasteiger partial charge in [-0.05, 0) is 31.3 Å². The Morgan fingerprint density at radius 1 is 1.62 bits per heavy atom. The fourth-order valence-corrected chi connectivity index (χ4v) is 2.23. The first-order chi connectivity index (χ1) is 7.74. The van der Waals surface area contributed by atoms with Crippen LogP contribution in [0.5, 0.6) is 0 Å². The maximum absolute atomic E-state index is 12.2. The number of halogens is 1. The summed E-state index contributed by atoms with van der Waals surface area (Å²) in [5.74, 6) is 0.0495. The molecule has 0 atom stereocenters. The molecule has 2 rings (SSSR count). The van der Waals surface area contributed by atoms with Gasteiger partial charge in [-0.3, -0.25) is 9.48 Å². The quantitative estimate of drug-likeness (QED) is 0.755. The molecule has 0 fully saturated rings. The first-order valence-corrected chi connectivity index (χ1v) is 6.07. The Morgan fingerprint density at radius 3 is 3.06 bits per heavy atom. The minimum Gasteiger partial charge on any atom is -0.287 e. The van der Waals surface area contributed by atoms with Crippen LogP contribution in [0, 0.1) is 0 Å². The first-order valence-electron chi connectivity index (χ1n) is 5.69. The summed E-state index contributed by atoms with van der Waals surface area (Å²) in [5, 5.41) is 4.60. The molecule has 1 aliphatic rings. The average molecular weight is 239 g/mol. The van der Waals surface area contributed by atoms with Gasteiger partial charge in [-0.1, -0.05) is 24.6 Å². The fourth-order valence-electron chi connectivity index (χ4n) is 2.00. The lowest BCUT2D eigenvalue weighted by atomic mass is 10.1. The van der Waals surface area contributed by atoms with Gasteiger partial charge in [0.15, 0.2) is 0 Å². The summed E-state index contributed by atoms with van der Waals surface area (Å²) >= 11 is 6.02. The van der Waals surface area contributed by atoms with Crippen LogP contribution in [-0.4, -0.2) is 15.6 Å². The van der Waals surface area contributed by atoms with Crippen LogP contribution in [0.2, 0.25) is 5.02 Å². The number of allylic oxidation sites excluding steroid dienone is 2. The van der Waals surface area contributed by atoms with Crippen molar-refractivity contribution in [3.8, 4) is 0 Å². The number of ketones is 1. The minimum absolute atomic E-state index is 0.0495. The van der Waals surface area contributed by atoms with Crippen molar-refractivity contribution >= 4 is 17.4 Å². The van der Waals surface area contributed by atoms with Crippen LogP contribution < -0.4 is 0 Å². The molecule has 1 heterocycles. The highest BCUT2D eigenvalue weighted by Gasteiger charge is 2.22. The van der Waals surface area contributed by atoms with Crippen LogP contribution in [0.15, 0.2) is 17.8 Å². The molecule has 86 valence electrons. The van der Waals surface area contributed by atoms with E-state index < -0.39 is 0 Å². The number of carbonyl (C=O) groups is 1. The smallest absolute Gasteiger partial charge is 0.208 e. The van der Waals surface area contributed by atoms with E-state index in [9.17, 15) is 4.79 Å². The minimum atomic E-state index is 0.0495. The Bertz CT molecular complexity index is 434. The zero-order valence-electron chi connectivity index (χ0n) is 9.37. The molecule has 4 heteroatoms. The summed E-state index contributed by atoms with van der Waals surface area (Å²) in [4.78, 5) is 12.2. The monoisotopic (exact) mass is 238 g/mol. The van der Waals surface area contributed by atoms with E-state index in [1.807, 2.05) is 6.08 Å². The summed E-state index contributed by atoms with van der Waals surface area (Å²) < 4.78 is 1.71. The second-order valence-electron chi connectivity index (χ2n) is 4.01. The van der Waals surface area contributed by atoms with Gasteiger partial charge in [0.2, 0.25) is 5.78 Å². The molecule has 0 saturated heterocycles. The molecular weight excluding hydrogens is 224 g/mol. The highest BCUT2D eigenvalue weighted by molar-refractivity contribution is 6.34. The van der Waals surface area contributed by atoms with E-state index in [1.165, 1.54) is 0 Å². The third-order valence-electron chi connectivity index (χ3n) is 2.78. The number of aryl methyl sites for hydroxylation is 1. The van der Waals surface area contributed by atoms with Crippen molar-refractivity contribution in [2.75, 3.05) is 0 Å². The van der Waals surface area contributed by atoms with Gasteiger partial charge in [0.25, 0.3) is 0 Å². The number of carbonyl (C=O) groups excluding carboxylic acids is 1. The van der Waals surface area contributed by atoms with Crippen molar-refractivity contribution in [3.05, 3.63) is 28.6 Å². The van der Waals surface area contributed by atoms with Gasteiger partial charge in [0, 0.05) is 6.54 Å². The maximum Gasteiger partial charge on any atom is 0.208 e. The lowest BCUT2D eigenvalue weighted by Gasteiger charge is -2.06. The van der Waals surface area contributed by atoms with Crippen LogP contribution in [0.3, 0.4) is 0 Å². The Kier molecular flexibility index (Phi) is 3.44. The van der Waals surface area contributed by atoms with Gasteiger partial charge < -0.3 is 0 Å². The van der Waals surface area contributed by atoms with Crippen molar-refractivity contribution in [3.63, 3.8) is 0 Å². The Hall–Kier alpha value is -1.09. The standard InChI is InChI=1S/C12H15ClN2O/c1-2-7-15-11(10(13)8-14-15)12(16)9-5-3-4-6-9/h5,8H,2-4,6-7H2,1H3. The molecule has 0 radical (unpaired) electrons. The largest absolute Gasteiger partial charge is 0.287 e. The summed E-state index contributed by atoms with van der Waals surface area (Å²) in [5.41, 5.74) is 1.44. The lowest BCUT2D eigenvalue weighted by molar-refractivity contribution is 0.102. The molecular formula is C12H15ClN2O. The molecule has 0 aromatic carbocycles.